The van der Waals surface area contributed by atoms with Crippen LogP contribution in [0, 0.1) is 5.92 Å². The Labute approximate surface area is 98.8 Å². The molecular formula is C11H19F2NO3. The summed E-state index contributed by atoms with van der Waals surface area (Å²) in [4.78, 5) is 10.3. The van der Waals surface area contributed by atoms with E-state index in [1.165, 1.54) is 0 Å². The number of carboxylic acid groups (broad SMARTS) is 1. The largest absolute Gasteiger partial charge is 0.477 e. The molecule has 2 unspecified atom stereocenters. The van der Waals surface area contributed by atoms with E-state index < -0.39 is 24.0 Å². The normalized spacial score (nSPS) is 22.1. The average molecular weight is 251 g/mol. The van der Waals surface area contributed by atoms with Gasteiger partial charge in [0, 0.05) is 6.04 Å². The van der Waals surface area contributed by atoms with Crippen LogP contribution in [0.25, 0.3) is 0 Å². The minimum absolute atomic E-state index is 0.114. The zero-order chi connectivity index (χ0) is 13.1. The Morgan fingerprint density at radius 2 is 1.88 bits per heavy atom. The van der Waals surface area contributed by atoms with Gasteiger partial charge < -0.3 is 15.9 Å². The molecule has 17 heavy (non-hydrogen) atoms. The Morgan fingerprint density at radius 1 is 1.35 bits per heavy atom. The van der Waals surface area contributed by atoms with Gasteiger partial charge in [0.2, 0.25) is 0 Å². The molecule has 4 N–H and O–H groups in total. The van der Waals surface area contributed by atoms with Crippen LogP contribution in [0.2, 0.25) is 0 Å². The second-order valence-corrected chi connectivity index (χ2v) is 4.74. The van der Waals surface area contributed by atoms with Crippen molar-refractivity contribution in [3.8, 4) is 0 Å². The molecule has 1 aliphatic rings. The maximum atomic E-state index is 13.0. The predicted molar refractivity (Wildman–Crippen MR) is 57.8 cm³/mol. The summed E-state index contributed by atoms with van der Waals surface area (Å²) in [7, 11) is 0. The standard InChI is InChI=1S/C11H19F2NO3/c12-11(13,10(16)17)9(15)6-8(14)7-4-2-1-3-5-7/h7-9,15H,1-6,14H2,(H,16,17). The Kier molecular flexibility index (Phi) is 4.82. The third kappa shape index (κ3) is 3.61. The monoisotopic (exact) mass is 251 g/mol. The third-order valence-electron chi connectivity index (χ3n) is 3.45. The summed E-state index contributed by atoms with van der Waals surface area (Å²) in [5, 5.41) is 17.5. The number of halogens is 2. The summed E-state index contributed by atoms with van der Waals surface area (Å²) in [6, 6.07) is -0.560. The SMILES string of the molecule is NC(CC(O)C(F)(F)C(=O)O)C1CCCCC1. The second kappa shape index (κ2) is 5.73. The lowest BCUT2D eigenvalue weighted by molar-refractivity contribution is -0.183. The number of aliphatic hydroxyl groups excluding tert-OH is 1. The van der Waals surface area contributed by atoms with Gasteiger partial charge in [-0.2, -0.15) is 8.78 Å². The van der Waals surface area contributed by atoms with Crippen LogP contribution in [0.1, 0.15) is 38.5 Å². The molecule has 100 valence electrons. The van der Waals surface area contributed by atoms with E-state index in [9.17, 15) is 18.7 Å². The van der Waals surface area contributed by atoms with Gasteiger partial charge in [0.25, 0.3) is 0 Å². The number of nitrogens with two attached hydrogens (primary N) is 1. The van der Waals surface area contributed by atoms with Crippen molar-refractivity contribution in [2.24, 2.45) is 11.7 Å². The molecule has 2 atom stereocenters. The van der Waals surface area contributed by atoms with Gasteiger partial charge in [0.1, 0.15) is 6.10 Å². The van der Waals surface area contributed by atoms with Gasteiger partial charge in [-0.05, 0) is 25.2 Å². The van der Waals surface area contributed by atoms with Gasteiger partial charge in [0.05, 0.1) is 0 Å². The number of aliphatic carboxylic acids is 1. The molecule has 0 aromatic rings. The Morgan fingerprint density at radius 3 is 2.35 bits per heavy atom. The summed E-state index contributed by atoms with van der Waals surface area (Å²) in [5.74, 6) is -6.31. The first-order chi connectivity index (χ1) is 7.85. The molecular weight excluding hydrogens is 232 g/mol. The number of aliphatic hydroxyl groups is 1. The third-order valence-corrected chi connectivity index (χ3v) is 3.45. The molecule has 0 radical (unpaired) electrons. The summed E-state index contributed by atoms with van der Waals surface area (Å²) < 4.78 is 25.9. The Hall–Kier alpha value is -0.750. The molecule has 0 spiro atoms. The lowest BCUT2D eigenvalue weighted by Gasteiger charge is -2.30. The fourth-order valence-electron chi connectivity index (χ4n) is 2.30. The van der Waals surface area contributed by atoms with E-state index in [1.807, 2.05) is 0 Å². The van der Waals surface area contributed by atoms with Crippen molar-refractivity contribution in [2.45, 2.75) is 56.6 Å². The van der Waals surface area contributed by atoms with Gasteiger partial charge in [-0.25, -0.2) is 4.79 Å². The number of carboxylic acids is 1. The number of hydrogen-bond acceptors (Lipinski definition) is 3. The molecule has 0 aromatic heterocycles. The highest BCUT2D eigenvalue weighted by Crippen LogP contribution is 2.30. The summed E-state index contributed by atoms with van der Waals surface area (Å²) in [6.45, 7) is 0. The van der Waals surface area contributed by atoms with Crippen LogP contribution in [-0.4, -0.2) is 34.3 Å². The van der Waals surface area contributed by atoms with Crippen molar-refractivity contribution < 1.29 is 23.8 Å². The smallest absolute Gasteiger partial charge is 0.377 e. The molecule has 0 bridgehead atoms. The molecule has 6 heteroatoms. The Bertz CT molecular complexity index is 267. The van der Waals surface area contributed by atoms with Crippen LogP contribution >= 0.6 is 0 Å². The van der Waals surface area contributed by atoms with E-state index in [1.54, 1.807) is 0 Å². The average Bonchev–Trinajstić information content (AvgIpc) is 2.29. The van der Waals surface area contributed by atoms with Crippen LogP contribution in [0.4, 0.5) is 8.78 Å². The quantitative estimate of drug-likeness (QED) is 0.689. The lowest BCUT2D eigenvalue weighted by Crippen LogP contribution is -2.46. The summed E-state index contributed by atoms with van der Waals surface area (Å²) in [6.07, 6.45) is 2.31. The highest BCUT2D eigenvalue weighted by Gasteiger charge is 2.47. The van der Waals surface area contributed by atoms with Crippen molar-refractivity contribution >= 4 is 5.97 Å². The number of hydrogen-bond donors (Lipinski definition) is 3. The van der Waals surface area contributed by atoms with Gasteiger partial charge in [-0.1, -0.05) is 19.3 Å². The van der Waals surface area contributed by atoms with Crippen LogP contribution in [-0.2, 0) is 4.79 Å². The molecule has 4 nitrogen and oxygen atoms in total. The Balaban J connectivity index is 2.49. The van der Waals surface area contributed by atoms with Crippen molar-refractivity contribution in [3.05, 3.63) is 0 Å². The first-order valence-electron chi connectivity index (χ1n) is 5.90. The molecule has 0 heterocycles. The van der Waals surface area contributed by atoms with Gasteiger partial charge in [0.15, 0.2) is 0 Å². The van der Waals surface area contributed by atoms with Crippen LogP contribution in [0.5, 0.6) is 0 Å². The molecule has 0 aliphatic heterocycles. The van der Waals surface area contributed by atoms with Crippen molar-refractivity contribution in [2.75, 3.05) is 0 Å². The van der Waals surface area contributed by atoms with Gasteiger partial charge in [-0.15, -0.1) is 0 Å². The first kappa shape index (κ1) is 14.3. The van der Waals surface area contributed by atoms with Gasteiger partial charge in [-0.3, -0.25) is 0 Å². The highest BCUT2D eigenvalue weighted by atomic mass is 19.3. The molecule has 1 aliphatic carbocycles. The summed E-state index contributed by atoms with van der Waals surface area (Å²) in [5.41, 5.74) is 5.76. The molecule has 1 rings (SSSR count). The zero-order valence-corrected chi connectivity index (χ0v) is 9.61. The maximum absolute atomic E-state index is 13.0. The van der Waals surface area contributed by atoms with Crippen molar-refractivity contribution in [3.63, 3.8) is 0 Å². The predicted octanol–water partition coefficient (Wildman–Crippen LogP) is 1.36. The first-order valence-corrected chi connectivity index (χ1v) is 5.90. The van der Waals surface area contributed by atoms with E-state index in [4.69, 9.17) is 10.8 Å². The fraction of sp³-hybridized carbons (Fsp3) is 0.909. The van der Waals surface area contributed by atoms with Crippen LogP contribution < -0.4 is 5.73 Å². The van der Waals surface area contributed by atoms with Gasteiger partial charge >= 0.3 is 11.9 Å². The molecule has 0 amide bonds. The van der Waals surface area contributed by atoms with E-state index in [-0.39, 0.29) is 12.3 Å². The van der Waals surface area contributed by atoms with E-state index in [0.717, 1.165) is 32.1 Å². The van der Waals surface area contributed by atoms with E-state index >= 15 is 0 Å². The van der Waals surface area contributed by atoms with E-state index in [2.05, 4.69) is 0 Å². The maximum Gasteiger partial charge on any atom is 0.377 e. The second-order valence-electron chi connectivity index (χ2n) is 4.74. The van der Waals surface area contributed by atoms with E-state index in [0.29, 0.717) is 0 Å². The number of alkyl halides is 2. The topological polar surface area (TPSA) is 83.5 Å². The molecule has 0 aromatic carbocycles. The highest BCUT2D eigenvalue weighted by molar-refractivity contribution is 5.76. The lowest BCUT2D eigenvalue weighted by atomic mass is 9.82. The van der Waals surface area contributed by atoms with Crippen LogP contribution in [0.3, 0.4) is 0 Å². The summed E-state index contributed by atoms with van der Waals surface area (Å²) >= 11 is 0. The van der Waals surface area contributed by atoms with Crippen molar-refractivity contribution in [1.82, 2.24) is 0 Å². The molecule has 1 fully saturated rings. The zero-order valence-electron chi connectivity index (χ0n) is 9.61. The van der Waals surface area contributed by atoms with Crippen LogP contribution in [0.15, 0.2) is 0 Å². The molecule has 1 saturated carbocycles. The minimum Gasteiger partial charge on any atom is -0.477 e. The van der Waals surface area contributed by atoms with Crippen molar-refractivity contribution in [1.29, 1.82) is 0 Å². The number of carbonyl (C=O) groups is 1. The minimum atomic E-state index is -4.12. The molecule has 0 saturated heterocycles. The number of rotatable bonds is 5. The fourth-order valence-corrected chi connectivity index (χ4v) is 2.30.